The highest BCUT2D eigenvalue weighted by Gasteiger charge is 2.24. The lowest BCUT2D eigenvalue weighted by atomic mass is 10.5. The Morgan fingerprint density at radius 3 is 1.00 bits per heavy atom. The second-order valence-corrected chi connectivity index (χ2v) is 4.51. The summed E-state index contributed by atoms with van der Waals surface area (Å²) in [6.07, 6.45) is -0.301. The van der Waals surface area contributed by atoms with Gasteiger partial charge in [-0.2, -0.15) is 15.0 Å². The van der Waals surface area contributed by atoms with Gasteiger partial charge in [0.05, 0.1) is 0 Å². The Kier molecular flexibility index (Phi) is 5.97. The molecule has 1 heterocycles. The Labute approximate surface area is 133 Å². The average Bonchev–Trinajstić information content (AvgIpc) is 2.47. The van der Waals surface area contributed by atoms with E-state index in [1.54, 1.807) is 0 Å². The van der Waals surface area contributed by atoms with Gasteiger partial charge in [0, 0.05) is 0 Å². The first-order valence-corrected chi connectivity index (χ1v) is 6.52. The van der Waals surface area contributed by atoms with Gasteiger partial charge >= 0.3 is 17.1 Å². The molecule has 0 fully saturated rings. The third kappa shape index (κ3) is 3.31. The van der Waals surface area contributed by atoms with Gasteiger partial charge in [0.1, 0.15) is 18.5 Å². The minimum absolute atomic E-state index is 0.472. The van der Waals surface area contributed by atoms with Gasteiger partial charge in [-0.1, -0.05) is 0 Å². The largest absolute Gasteiger partial charge is 0.339 e. The lowest BCUT2D eigenvalue weighted by Gasteiger charge is -2.18. The van der Waals surface area contributed by atoms with Crippen LogP contribution in [0.3, 0.4) is 0 Å². The Morgan fingerprint density at radius 2 is 0.833 bits per heavy atom. The van der Waals surface area contributed by atoms with Crippen LogP contribution in [0.15, 0.2) is 29.4 Å². The second kappa shape index (κ2) is 7.70. The summed E-state index contributed by atoms with van der Waals surface area (Å²) in [6, 6.07) is 0. The summed E-state index contributed by atoms with van der Waals surface area (Å²) in [5.74, 6) is 0. The molecular formula is C12H12N6O6. The van der Waals surface area contributed by atoms with Crippen LogP contribution < -0.4 is 17.1 Å². The highest BCUT2D eigenvalue weighted by molar-refractivity contribution is 5.33. The van der Waals surface area contributed by atoms with Crippen molar-refractivity contribution in [1.29, 1.82) is 0 Å². The molecule has 126 valence electrons. The maximum absolute atomic E-state index is 12.4. The molecule has 1 rings (SSSR count). The number of isocyanates is 3. The van der Waals surface area contributed by atoms with Crippen LogP contribution >= 0.6 is 0 Å². The molecule has 0 N–H and O–H groups in total. The molecule has 0 radical (unpaired) electrons. The van der Waals surface area contributed by atoms with Crippen LogP contribution in [0.1, 0.15) is 39.3 Å². The van der Waals surface area contributed by atoms with Crippen molar-refractivity contribution in [3.8, 4) is 0 Å². The zero-order chi connectivity index (χ0) is 18.4. The van der Waals surface area contributed by atoms with E-state index in [2.05, 4.69) is 15.0 Å². The number of hydrogen-bond donors (Lipinski definition) is 0. The molecule has 1 aromatic rings. The van der Waals surface area contributed by atoms with E-state index in [1.165, 1.54) is 39.0 Å². The second-order valence-electron chi connectivity index (χ2n) is 4.51. The highest BCUT2D eigenvalue weighted by atomic mass is 16.2. The standard InChI is InChI=1S/C12H12N6O6/c1-7(13-4-19)16-10(22)17(8(2)14-5-20)12(24)18(11(16)23)9(3)15-6-21/h7-9H,1-3H3. The minimum Gasteiger partial charge on any atom is -0.247 e. The SMILES string of the molecule is CC(N=C=O)n1c(=O)n(C(C)N=C=O)c(=O)n(C(C)N=C=O)c1=O. The number of rotatable bonds is 6. The van der Waals surface area contributed by atoms with Crippen LogP contribution in [0, 0.1) is 0 Å². The Bertz CT molecular complexity index is 798. The third-order valence-electron chi connectivity index (χ3n) is 3.08. The minimum atomic E-state index is -1.29. The first-order valence-electron chi connectivity index (χ1n) is 6.52. The van der Waals surface area contributed by atoms with Gasteiger partial charge in [0.2, 0.25) is 18.2 Å². The van der Waals surface area contributed by atoms with Gasteiger partial charge in [-0.3, -0.25) is 0 Å². The van der Waals surface area contributed by atoms with Crippen molar-refractivity contribution in [2.45, 2.75) is 39.3 Å². The molecule has 0 saturated heterocycles. The van der Waals surface area contributed by atoms with Crippen LogP contribution in [0.5, 0.6) is 0 Å². The first kappa shape index (κ1) is 18.6. The third-order valence-corrected chi connectivity index (χ3v) is 3.08. The van der Waals surface area contributed by atoms with Crippen LogP contribution in [-0.4, -0.2) is 31.9 Å². The van der Waals surface area contributed by atoms with Gasteiger partial charge in [0.15, 0.2) is 0 Å². The summed E-state index contributed by atoms with van der Waals surface area (Å²) in [7, 11) is 0. The van der Waals surface area contributed by atoms with E-state index >= 15 is 0 Å². The Balaban J connectivity index is 4.06. The molecule has 0 spiro atoms. The van der Waals surface area contributed by atoms with E-state index in [4.69, 9.17) is 0 Å². The van der Waals surface area contributed by atoms with Gasteiger partial charge in [-0.15, -0.1) is 0 Å². The lowest BCUT2D eigenvalue weighted by Crippen LogP contribution is -2.56. The number of nitrogens with zero attached hydrogens (tertiary/aromatic N) is 6. The maximum atomic E-state index is 12.4. The maximum Gasteiger partial charge on any atom is 0.339 e. The predicted octanol–water partition coefficient (Wildman–Crippen LogP) is -1.27. The molecule has 3 unspecified atom stereocenters. The molecule has 0 aromatic carbocycles. The van der Waals surface area contributed by atoms with Crippen LogP contribution in [-0.2, 0) is 14.4 Å². The molecule has 12 heteroatoms. The molecule has 0 bridgehead atoms. The fraction of sp³-hybridized carbons (Fsp3) is 0.500. The summed E-state index contributed by atoms with van der Waals surface area (Å²) in [4.78, 5) is 78.1. The zero-order valence-corrected chi connectivity index (χ0v) is 12.9. The van der Waals surface area contributed by atoms with Crippen molar-refractivity contribution in [2.24, 2.45) is 15.0 Å². The molecule has 0 saturated carbocycles. The smallest absolute Gasteiger partial charge is 0.247 e. The van der Waals surface area contributed by atoms with Crippen molar-refractivity contribution in [3.05, 3.63) is 31.5 Å². The Morgan fingerprint density at radius 1 is 0.625 bits per heavy atom. The topological polar surface area (TPSA) is 154 Å². The predicted molar refractivity (Wildman–Crippen MR) is 77.7 cm³/mol. The number of carbonyl (C=O) groups excluding carboxylic acids is 3. The van der Waals surface area contributed by atoms with E-state index in [0.29, 0.717) is 13.7 Å². The fourth-order valence-electron chi connectivity index (χ4n) is 1.95. The van der Waals surface area contributed by atoms with E-state index in [-0.39, 0.29) is 0 Å². The van der Waals surface area contributed by atoms with Crippen molar-refractivity contribution in [1.82, 2.24) is 13.7 Å². The van der Waals surface area contributed by atoms with E-state index in [0.717, 1.165) is 0 Å². The van der Waals surface area contributed by atoms with Crippen molar-refractivity contribution >= 4 is 18.2 Å². The van der Waals surface area contributed by atoms with Crippen LogP contribution in [0.25, 0.3) is 0 Å². The number of aromatic nitrogens is 3. The average molecular weight is 336 g/mol. The summed E-state index contributed by atoms with van der Waals surface area (Å²) in [6.45, 7) is 3.69. The highest BCUT2D eigenvalue weighted by Crippen LogP contribution is 2.04. The summed E-state index contributed by atoms with van der Waals surface area (Å²) < 4.78 is 1.42. The molecule has 0 aliphatic heterocycles. The summed E-state index contributed by atoms with van der Waals surface area (Å²) >= 11 is 0. The van der Waals surface area contributed by atoms with Crippen LogP contribution in [0.4, 0.5) is 0 Å². The molecule has 0 aliphatic rings. The van der Waals surface area contributed by atoms with Crippen molar-refractivity contribution in [3.63, 3.8) is 0 Å². The van der Waals surface area contributed by atoms with Crippen molar-refractivity contribution < 1.29 is 14.4 Å². The summed E-state index contributed by atoms with van der Waals surface area (Å²) in [5, 5.41) is 0. The molecule has 0 amide bonds. The molecule has 24 heavy (non-hydrogen) atoms. The fourth-order valence-corrected chi connectivity index (χ4v) is 1.95. The Hall–Kier alpha value is -3.45. The number of hydrogen-bond acceptors (Lipinski definition) is 9. The van der Waals surface area contributed by atoms with Gasteiger partial charge in [-0.05, 0) is 20.8 Å². The molecular weight excluding hydrogens is 324 g/mol. The lowest BCUT2D eigenvalue weighted by molar-refractivity contribution is 0.363. The van der Waals surface area contributed by atoms with E-state index in [9.17, 15) is 28.8 Å². The molecule has 12 nitrogen and oxygen atoms in total. The normalized spacial score (nSPS) is 13.6. The van der Waals surface area contributed by atoms with Gasteiger partial charge in [-0.25, -0.2) is 42.5 Å². The van der Waals surface area contributed by atoms with Crippen LogP contribution in [0.2, 0.25) is 0 Å². The quantitative estimate of drug-likeness (QED) is 0.466. The first-order chi connectivity index (χ1) is 11.3. The van der Waals surface area contributed by atoms with Gasteiger partial charge < -0.3 is 0 Å². The van der Waals surface area contributed by atoms with Crippen molar-refractivity contribution in [2.75, 3.05) is 0 Å². The van der Waals surface area contributed by atoms with Gasteiger partial charge in [0.25, 0.3) is 0 Å². The molecule has 3 atom stereocenters. The molecule has 0 aliphatic carbocycles. The van der Waals surface area contributed by atoms with E-state index < -0.39 is 35.6 Å². The monoisotopic (exact) mass is 336 g/mol. The number of aliphatic imine (C=N–C) groups is 3. The summed E-state index contributed by atoms with van der Waals surface area (Å²) in [5.41, 5.74) is -3.45. The van der Waals surface area contributed by atoms with E-state index in [1.807, 2.05) is 0 Å². The molecule has 1 aromatic heterocycles. The zero-order valence-electron chi connectivity index (χ0n) is 12.9.